The van der Waals surface area contributed by atoms with Crippen molar-refractivity contribution in [2.45, 2.75) is 45.2 Å². The summed E-state index contributed by atoms with van der Waals surface area (Å²) in [4.78, 5) is 0. The van der Waals surface area contributed by atoms with Gasteiger partial charge in [-0.1, -0.05) is 18.9 Å². The number of rotatable bonds is 4. The fourth-order valence-electron chi connectivity index (χ4n) is 2.80. The van der Waals surface area contributed by atoms with Gasteiger partial charge in [0.15, 0.2) is 0 Å². The monoisotopic (exact) mass is 333 g/mol. The van der Waals surface area contributed by atoms with Gasteiger partial charge in [-0.3, -0.25) is 4.68 Å². The molecule has 0 aliphatic heterocycles. The second-order valence-corrected chi connectivity index (χ2v) is 6.42. The lowest BCUT2D eigenvalue weighted by Crippen LogP contribution is -2.07. The van der Waals surface area contributed by atoms with E-state index in [0.29, 0.717) is 6.04 Å². The molecule has 0 amide bonds. The van der Waals surface area contributed by atoms with E-state index in [1.54, 1.807) is 0 Å². The van der Waals surface area contributed by atoms with E-state index in [0.717, 1.165) is 22.4 Å². The van der Waals surface area contributed by atoms with E-state index in [2.05, 4.69) is 63.3 Å². The van der Waals surface area contributed by atoms with Crippen LogP contribution in [0.5, 0.6) is 0 Å². The maximum atomic E-state index is 4.70. The van der Waals surface area contributed by atoms with E-state index in [1.807, 2.05) is 0 Å². The topological polar surface area (TPSA) is 29.9 Å². The zero-order valence-electron chi connectivity index (χ0n) is 11.8. The van der Waals surface area contributed by atoms with Crippen LogP contribution in [0.3, 0.4) is 0 Å². The molecule has 0 spiro atoms. The molecule has 1 fully saturated rings. The molecule has 1 heterocycles. The molecule has 0 atom stereocenters. The summed E-state index contributed by atoms with van der Waals surface area (Å²) in [5.74, 6) is 0. The molecular weight excluding hydrogens is 314 g/mol. The van der Waals surface area contributed by atoms with Crippen LogP contribution >= 0.6 is 15.9 Å². The van der Waals surface area contributed by atoms with Gasteiger partial charge in [-0.05, 0) is 59.5 Å². The quantitative estimate of drug-likeness (QED) is 0.880. The Hall–Kier alpha value is -1.29. The van der Waals surface area contributed by atoms with Crippen molar-refractivity contribution in [2.24, 2.45) is 0 Å². The van der Waals surface area contributed by atoms with Gasteiger partial charge in [0.1, 0.15) is 0 Å². The molecule has 1 aliphatic carbocycles. The number of anilines is 1. The van der Waals surface area contributed by atoms with Crippen molar-refractivity contribution in [1.29, 1.82) is 0 Å². The summed E-state index contributed by atoms with van der Waals surface area (Å²) in [6.07, 6.45) is 7.36. The second kappa shape index (κ2) is 6.00. The van der Waals surface area contributed by atoms with Gasteiger partial charge >= 0.3 is 0 Å². The summed E-state index contributed by atoms with van der Waals surface area (Å²) in [6.45, 7) is 2.87. The molecule has 4 heteroatoms. The van der Waals surface area contributed by atoms with Gasteiger partial charge in [-0.25, -0.2) is 0 Å². The third-order valence-corrected chi connectivity index (χ3v) is 4.64. The highest BCUT2D eigenvalue weighted by molar-refractivity contribution is 9.10. The highest BCUT2D eigenvalue weighted by Crippen LogP contribution is 2.29. The van der Waals surface area contributed by atoms with Crippen molar-refractivity contribution < 1.29 is 0 Å². The van der Waals surface area contributed by atoms with Gasteiger partial charge in [0.05, 0.1) is 18.3 Å². The number of halogens is 1. The van der Waals surface area contributed by atoms with Gasteiger partial charge in [0.2, 0.25) is 0 Å². The maximum absolute atomic E-state index is 4.70. The largest absolute Gasteiger partial charge is 0.378 e. The lowest BCUT2D eigenvalue weighted by molar-refractivity contribution is 0.463. The van der Waals surface area contributed by atoms with E-state index in [9.17, 15) is 0 Å². The Kier molecular flexibility index (Phi) is 4.10. The van der Waals surface area contributed by atoms with Crippen LogP contribution in [0.15, 0.2) is 34.9 Å². The van der Waals surface area contributed by atoms with Crippen molar-refractivity contribution in [1.82, 2.24) is 9.78 Å². The summed E-state index contributed by atoms with van der Waals surface area (Å²) < 4.78 is 3.24. The highest BCUT2D eigenvalue weighted by Gasteiger charge is 2.17. The van der Waals surface area contributed by atoms with E-state index < -0.39 is 0 Å². The molecule has 1 aromatic heterocycles. The molecule has 106 valence electrons. The van der Waals surface area contributed by atoms with E-state index in [-0.39, 0.29) is 0 Å². The second-order valence-electron chi connectivity index (χ2n) is 5.56. The Bertz CT molecular complexity index is 585. The zero-order valence-corrected chi connectivity index (χ0v) is 13.4. The first-order valence-corrected chi connectivity index (χ1v) is 8.06. The van der Waals surface area contributed by atoms with Crippen molar-refractivity contribution in [2.75, 3.05) is 5.32 Å². The lowest BCUT2D eigenvalue weighted by atomic mass is 10.2. The molecular formula is C16H20BrN3. The molecule has 1 aliphatic rings. The standard InChI is InChI=1S/C16H20BrN3/c1-12-6-7-15(17)16(10-12)18-11-13-8-9-20(19-13)14-4-2-3-5-14/h6-10,14,18H,2-5,11H2,1H3. The molecule has 1 saturated carbocycles. The summed E-state index contributed by atoms with van der Waals surface area (Å²) in [5.41, 5.74) is 3.48. The SMILES string of the molecule is Cc1ccc(Br)c(NCc2ccn(C3CCCC3)n2)c1. The van der Waals surface area contributed by atoms with Crippen LogP contribution in [0.1, 0.15) is 43.0 Å². The van der Waals surface area contributed by atoms with Gasteiger partial charge in [0, 0.05) is 16.4 Å². The fourth-order valence-corrected chi connectivity index (χ4v) is 3.19. The zero-order chi connectivity index (χ0) is 13.9. The van der Waals surface area contributed by atoms with E-state index in [1.165, 1.54) is 31.2 Å². The smallest absolute Gasteiger partial charge is 0.0815 e. The summed E-state index contributed by atoms with van der Waals surface area (Å²) in [7, 11) is 0. The number of nitrogens with zero attached hydrogens (tertiary/aromatic N) is 2. The van der Waals surface area contributed by atoms with Crippen LogP contribution in [0.2, 0.25) is 0 Å². The molecule has 0 saturated heterocycles. The molecule has 0 bridgehead atoms. The minimum absolute atomic E-state index is 0.620. The van der Waals surface area contributed by atoms with Crippen molar-refractivity contribution >= 4 is 21.6 Å². The van der Waals surface area contributed by atoms with Gasteiger partial charge in [0.25, 0.3) is 0 Å². The number of benzene rings is 1. The number of aromatic nitrogens is 2. The Labute approximate surface area is 128 Å². The molecule has 0 unspecified atom stereocenters. The normalized spacial score (nSPS) is 15.7. The fraction of sp³-hybridized carbons (Fsp3) is 0.438. The van der Waals surface area contributed by atoms with Crippen LogP contribution in [0.25, 0.3) is 0 Å². The molecule has 0 radical (unpaired) electrons. The third kappa shape index (κ3) is 3.06. The van der Waals surface area contributed by atoms with Crippen LogP contribution in [-0.2, 0) is 6.54 Å². The third-order valence-electron chi connectivity index (χ3n) is 3.94. The maximum Gasteiger partial charge on any atom is 0.0815 e. The molecule has 2 aromatic rings. The first-order chi connectivity index (χ1) is 9.72. The van der Waals surface area contributed by atoms with E-state index >= 15 is 0 Å². The highest BCUT2D eigenvalue weighted by atomic mass is 79.9. The Morgan fingerprint density at radius 1 is 1.30 bits per heavy atom. The number of nitrogens with one attached hydrogen (secondary N) is 1. The Morgan fingerprint density at radius 3 is 2.90 bits per heavy atom. The van der Waals surface area contributed by atoms with Crippen LogP contribution in [0, 0.1) is 6.92 Å². The minimum Gasteiger partial charge on any atom is -0.378 e. The average molecular weight is 334 g/mol. The van der Waals surface area contributed by atoms with Crippen LogP contribution in [0.4, 0.5) is 5.69 Å². The first-order valence-electron chi connectivity index (χ1n) is 7.26. The van der Waals surface area contributed by atoms with Gasteiger partial charge in [-0.2, -0.15) is 5.10 Å². The number of aryl methyl sites for hydroxylation is 1. The van der Waals surface area contributed by atoms with Crippen LogP contribution in [-0.4, -0.2) is 9.78 Å². The first kappa shape index (κ1) is 13.7. The molecule has 1 aromatic carbocycles. The molecule has 20 heavy (non-hydrogen) atoms. The van der Waals surface area contributed by atoms with Crippen molar-refractivity contribution in [3.05, 3.63) is 46.2 Å². The summed E-state index contributed by atoms with van der Waals surface area (Å²) >= 11 is 3.57. The molecule has 3 rings (SSSR count). The molecule has 1 N–H and O–H groups in total. The predicted octanol–water partition coefficient (Wildman–Crippen LogP) is 4.68. The van der Waals surface area contributed by atoms with E-state index in [4.69, 9.17) is 5.10 Å². The number of hydrogen-bond donors (Lipinski definition) is 1. The predicted molar refractivity (Wildman–Crippen MR) is 85.9 cm³/mol. The van der Waals surface area contributed by atoms with Gasteiger partial charge < -0.3 is 5.32 Å². The Balaban J connectivity index is 1.64. The summed E-state index contributed by atoms with van der Waals surface area (Å²) in [5, 5.41) is 8.15. The number of hydrogen-bond acceptors (Lipinski definition) is 2. The summed E-state index contributed by atoms with van der Waals surface area (Å²) in [6, 6.07) is 9.07. The molecule has 3 nitrogen and oxygen atoms in total. The average Bonchev–Trinajstić information content (AvgIpc) is 3.09. The minimum atomic E-state index is 0.620. The van der Waals surface area contributed by atoms with Crippen molar-refractivity contribution in [3.8, 4) is 0 Å². The van der Waals surface area contributed by atoms with Crippen molar-refractivity contribution in [3.63, 3.8) is 0 Å². The Morgan fingerprint density at radius 2 is 2.10 bits per heavy atom. The lowest BCUT2D eigenvalue weighted by Gasteiger charge is -2.10. The van der Waals surface area contributed by atoms with Crippen LogP contribution < -0.4 is 5.32 Å². The van der Waals surface area contributed by atoms with Gasteiger partial charge in [-0.15, -0.1) is 0 Å².